The molecule has 10 heteroatoms. The van der Waals surface area contributed by atoms with Gasteiger partial charge in [-0.05, 0) is 26.4 Å². The minimum Gasteiger partial charge on any atom is -0.378 e. The molecule has 2 saturated heterocycles. The second-order valence-corrected chi connectivity index (χ2v) is 10.1. The molecule has 1 aliphatic carbocycles. The Bertz CT molecular complexity index is 747. The lowest BCUT2D eigenvalue weighted by Gasteiger charge is -2.39. The predicted octanol–water partition coefficient (Wildman–Crippen LogP) is 0.930. The molecule has 2 aliphatic heterocycles. The van der Waals surface area contributed by atoms with Gasteiger partial charge < -0.3 is 30.1 Å². The molecule has 3 rings (SSSR count). The van der Waals surface area contributed by atoms with E-state index in [1.165, 1.54) is 6.42 Å². The van der Waals surface area contributed by atoms with Gasteiger partial charge in [-0.3, -0.25) is 9.59 Å². The number of carbonyl (C=O) groups excluding carboxylic acids is 3. The van der Waals surface area contributed by atoms with Crippen LogP contribution in [-0.2, 0) is 14.3 Å². The minimum absolute atomic E-state index is 0.0239. The Morgan fingerprint density at radius 1 is 1.06 bits per heavy atom. The predicted molar refractivity (Wildman–Crippen MR) is 127 cm³/mol. The van der Waals surface area contributed by atoms with Crippen molar-refractivity contribution in [2.45, 2.75) is 62.9 Å². The molecule has 3 fully saturated rings. The number of likely N-dealkylation sites (N-methyl/N-ethyl adjacent to an activating group) is 1. The fraction of sp³-hybridized carbons (Fsp3) is 0.833. The first-order valence-electron chi connectivity index (χ1n) is 12.6. The number of ether oxygens (including phenoxy) is 1. The van der Waals surface area contributed by atoms with Crippen LogP contribution >= 0.6 is 0 Å². The summed E-state index contributed by atoms with van der Waals surface area (Å²) in [6, 6.07) is 1.37. The number of morpholine rings is 1. The van der Waals surface area contributed by atoms with E-state index in [0.717, 1.165) is 25.7 Å². The molecule has 0 aromatic carbocycles. The Morgan fingerprint density at radius 2 is 1.71 bits per heavy atom. The summed E-state index contributed by atoms with van der Waals surface area (Å²) in [6.07, 6.45) is 6.96. The number of amides is 4. The van der Waals surface area contributed by atoms with Crippen LogP contribution in [0.3, 0.4) is 0 Å². The molecule has 190 valence electrons. The van der Waals surface area contributed by atoms with Crippen LogP contribution in [0.15, 0.2) is 0 Å². The summed E-state index contributed by atoms with van der Waals surface area (Å²) in [6.45, 7) is 3.16. The van der Waals surface area contributed by atoms with Gasteiger partial charge >= 0.3 is 6.03 Å². The second kappa shape index (κ2) is 12.4. The third-order valence-electron chi connectivity index (χ3n) is 7.20. The van der Waals surface area contributed by atoms with E-state index in [4.69, 9.17) is 4.74 Å². The van der Waals surface area contributed by atoms with Gasteiger partial charge in [0.2, 0.25) is 11.8 Å². The molecule has 0 aromatic heterocycles. The van der Waals surface area contributed by atoms with Gasteiger partial charge in [0.15, 0.2) is 0 Å². The largest absolute Gasteiger partial charge is 0.378 e. The molecule has 0 radical (unpaired) electrons. The van der Waals surface area contributed by atoms with Crippen molar-refractivity contribution in [2.24, 2.45) is 5.92 Å². The average Bonchev–Trinajstić information content (AvgIpc) is 2.84. The zero-order valence-corrected chi connectivity index (χ0v) is 20.7. The third kappa shape index (κ3) is 7.31. The van der Waals surface area contributed by atoms with Gasteiger partial charge in [0.1, 0.15) is 11.6 Å². The summed E-state index contributed by atoms with van der Waals surface area (Å²) >= 11 is 0. The van der Waals surface area contributed by atoms with E-state index < -0.39 is 11.6 Å². The molecule has 4 amide bonds. The molecule has 1 saturated carbocycles. The van der Waals surface area contributed by atoms with E-state index in [1.54, 1.807) is 9.80 Å². The SMILES string of the molecule is CN(C)CC(=O)N1CCC(C#N)(NC(=O)C(CC2CCCCC2)NC(=O)N2CCOCC2)CC1. The molecule has 3 aliphatic rings. The molecule has 10 nitrogen and oxygen atoms in total. The van der Waals surface area contributed by atoms with Crippen LogP contribution in [0.4, 0.5) is 4.79 Å². The first kappa shape index (κ1) is 26.2. The maximum Gasteiger partial charge on any atom is 0.318 e. The number of piperidine rings is 1. The standard InChI is InChI=1S/C24H40N6O4/c1-28(2)17-21(31)29-10-8-24(18-25,9-11-29)27-22(32)20(16-19-6-4-3-5-7-19)26-23(33)30-12-14-34-15-13-30/h19-20H,3-17H2,1-2H3,(H,26,33)(H,27,32). The molecule has 1 atom stereocenters. The smallest absolute Gasteiger partial charge is 0.318 e. The molecule has 2 heterocycles. The molecular formula is C24H40N6O4. The number of carbonyl (C=O) groups is 3. The van der Waals surface area contributed by atoms with Crippen molar-refractivity contribution in [2.75, 3.05) is 60.0 Å². The Morgan fingerprint density at radius 3 is 2.29 bits per heavy atom. The van der Waals surface area contributed by atoms with E-state index in [9.17, 15) is 19.6 Å². The summed E-state index contributed by atoms with van der Waals surface area (Å²) < 4.78 is 5.33. The van der Waals surface area contributed by atoms with E-state index >= 15 is 0 Å². The van der Waals surface area contributed by atoms with Crippen LogP contribution in [0.25, 0.3) is 0 Å². The topological polar surface area (TPSA) is 118 Å². The Hall–Kier alpha value is -2.38. The average molecular weight is 477 g/mol. The quantitative estimate of drug-likeness (QED) is 0.564. The first-order chi connectivity index (χ1) is 16.3. The van der Waals surface area contributed by atoms with Crippen LogP contribution in [0.1, 0.15) is 51.4 Å². The van der Waals surface area contributed by atoms with Crippen molar-refractivity contribution in [3.8, 4) is 6.07 Å². The van der Waals surface area contributed by atoms with Gasteiger partial charge in [-0.2, -0.15) is 5.26 Å². The fourth-order valence-electron chi connectivity index (χ4n) is 5.09. The Labute approximate surface area is 202 Å². The lowest BCUT2D eigenvalue weighted by Crippen LogP contribution is -2.61. The number of nitrogens with one attached hydrogen (secondary N) is 2. The highest BCUT2D eigenvalue weighted by Crippen LogP contribution is 2.28. The van der Waals surface area contributed by atoms with Crippen LogP contribution < -0.4 is 10.6 Å². The van der Waals surface area contributed by atoms with E-state index in [0.29, 0.717) is 71.1 Å². The highest BCUT2D eigenvalue weighted by atomic mass is 16.5. The number of nitriles is 1. The van der Waals surface area contributed by atoms with Crippen LogP contribution in [0, 0.1) is 17.2 Å². The van der Waals surface area contributed by atoms with E-state index in [1.807, 2.05) is 19.0 Å². The zero-order valence-electron chi connectivity index (χ0n) is 20.7. The minimum atomic E-state index is -1.03. The van der Waals surface area contributed by atoms with Crippen molar-refractivity contribution >= 4 is 17.8 Å². The highest BCUT2D eigenvalue weighted by Gasteiger charge is 2.39. The summed E-state index contributed by atoms with van der Waals surface area (Å²) in [4.78, 5) is 43.9. The van der Waals surface area contributed by atoms with E-state index in [2.05, 4.69) is 16.7 Å². The third-order valence-corrected chi connectivity index (χ3v) is 7.20. The van der Waals surface area contributed by atoms with Gasteiger partial charge in [-0.1, -0.05) is 32.1 Å². The van der Waals surface area contributed by atoms with Crippen molar-refractivity contribution in [1.29, 1.82) is 5.26 Å². The molecule has 34 heavy (non-hydrogen) atoms. The molecule has 2 N–H and O–H groups in total. The van der Waals surface area contributed by atoms with Gasteiger partial charge in [-0.25, -0.2) is 4.79 Å². The Kier molecular flexibility index (Phi) is 9.54. The number of hydrogen-bond acceptors (Lipinski definition) is 6. The zero-order chi connectivity index (χ0) is 24.6. The molecule has 1 unspecified atom stereocenters. The summed E-state index contributed by atoms with van der Waals surface area (Å²) in [5.74, 6) is 0.107. The maximum absolute atomic E-state index is 13.4. The Balaban J connectivity index is 1.63. The number of hydrogen-bond donors (Lipinski definition) is 2. The van der Waals surface area contributed by atoms with Crippen LogP contribution in [0.5, 0.6) is 0 Å². The molecule has 0 bridgehead atoms. The van der Waals surface area contributed by atoms with Gasteiger partial charge in [0.05, 0.1) is 25.8 Å². The summed E-state index contributed by atoms with van der Waals surface area (Å²) in [5.41, 5.74) is -1.03. The number of likely N-dealkylation sites (tertiary alicyclic amines) is 1. The molecular weight excluding hydrogens is 436 g/mol. The van der Waals surface area contributed by atoms with Crippen molar-refractivity contribution in [3.05, 3.63) is 0 Å². The number of rotatable bonds is 7. The number of nitrogens with zero attached hydrogens (tertiary/aromatic N) is 4. The van der Waals surface area contributed by atoms with Gasteiger partial charge in [0, 0.05) is 39.0 Å². The van der Waals surface area contributed by atoms with Crippen molar-refractivity contribution in [3.63, 3.8) is 0 Å². The first-order valence-corrected chi connectivity index (χ1v) is 12.6. The van der Waals surface area contributed by atoms with Crippen molar-refractivity contribution in [1.82, 2.24) is 25.3 Å². The fourth-order valence-corrected chi connectivity index (χ4v) is 5.09. The lowest BCUT2D eigenvalue weighted by molar-refractivity contribution is -0.133. The summed E-state index contributed by atoms with van der Waals surface area (Å²) in [7, 11) is 3.69. The monoisotopic (exact) mass is 476 g/mol. The van der Waals surface area contributed by atoms with E-state index in [-0.39, 0.29) is 17.8 Å². The lowest BCUT2D eigenvalue weighted by atomic mass is 9.84. The van der Waals surface area contributed by atoms with Gasteiger partial charge in [0.25, 0.3) is 0 Å². The normalized spacial score (nSPS) is 22.1. The second-order valence-electron chi connectivity index (χ2n) is 10.1. The highest BCUT2D eigenvalue weighted by molar-refractivity contribution is 5.88. The van der Waals surface area contributed by atoms with Gasteiger partial charge in [-0.15, -0.1) is 0 Å². The summed E-state index contributed by atoms with van der Waals surface area (Å²) in [5, 5.41) is 15.9. The van der Waals surface area contributed by atoms with Crippen molar-refractivity contribution < 1.29 is 19.1 Å². The number of urea groups is 1. The molecule has 0 aromatic rings. The van der Waals surface area contributed by atoms with Crippen LogP contribution in [0.2, 0.25) is 0 Å². The molecule has 0 spiro atoms. The van der Waals surface area contributed by atoms with Crippen LogP contribution in [-0.4, -0.2) is 104 Å². The maximum atomic E-state index is 13.4.